The molecule has 0 aromatic rings. The van der Waals surface area contributed by atoms with E-state index in [1.807, 2.05) is 0 Å². The van der Waals surface area contributed by atoms with Gasteiger partial charge in [-0.3, -0.25) is 9.59 Å². The molecule has 0 aliphatic rings. The fourth-order valence-corrected chi connectivity index (χ4v) is 8.81. The van der Waals surface area contributed by atoms with Gasteiger partial charge in [0.2, 0.25) is 5.91 Å². The number of ether oxygens (including phenoxy) is 1. The van der Waals surface area contributed by atoms with Crippen LogP contribution >= 0.6 is 0 Å². The van der Waals surface area contributed by atoms with Crippen molar-refractivity contribution in [2.24, 2.45) is 0 Å². The van der Waals surface area contributed by atoms with Gasteiger partial charge in [0.15, 0.2) is 0 Å². The van der Waals surface area contributed by atoms with Crippen molar-refractivity contribution in [1.29, 1.82) is 0 Å². The predicted octanol–water partition coefficient (Wildman–Crippen LogP) is 17.6. The molecule has 6 nitrogen and oxygen atoms in total. The van der Waals surface area contributed by atoms with Crippen LogP contribution in [-0.2, 0) is 14.3 Å². The molecular formula is C59H111NO5. The molecule has 65 heavy (non-hydrogen) atoms. The second-order valence-electron chi connectivity index (χ2n) is 19.7. The molecule has 0 aliphatic heterocycles. The first-order valence-electron chi connectivity index (χ1n) is 28.7. The van der Waals surface area contributed by atoms with Gasteiger partial charge in [-0.25, -0.2) is 0 Å². The first-order valence-corrected chi connectivity index (χ1v) is 28.7. The highest BCUT2D eigenvalue weighted by atomic mass is 16.5. The number of carbonyl (C=O) groups excluding carboxylic acids is 2. The molecule has 0 aliphatic carbocycles. The maximum Gasteiger partial charge on any atom is 0.306 e. The van der Waals surface area contributed by atoms with E-state index in [-0.39, 0.29) is 24.9 Å². The maximum atomic E-state index is 13.2. The molecule has 0 aromatic carbocycles. The van der Waals surface area contributed by atoms with Gasteiger partial charge in [0.25, 0.3) is 0 Å². The van der Waals surface area contributed by atoms with Crippen LogP contribution in [0.25, 0.3) is 0 Å². The summed E-state index contributed by atoms with van der Waals surface area (Å²) in [5.74, 6) is -0.473. The molecule has 382 valence electrons. The summed E-state index contributed by atoms with van der Waals surface area (Å²) in [7, 11) is 0. The van der Waals surface area contributed by atoms with Crippen molar-refractivity contribution < 1.29 is 24.5 Å². The molecule has 0 radical (unpaired) electrons. The summed E-state index contributed by atoms with van der Waals surface area (Å²) in [5.41, 5.74) is 0. The van der Waals surface area contributed by atoms with Crippen LogP contribution in [0.1, 0.15) is 303 Å². The Hall–Kier alpha value is -1.92. The first-order chi connectivity index (χ1) is 32.0. The van der Waals surface area contributed by atoms with Gasteiger partial charge in [0, 0.05) is 6.42 Å². The minimum Gasteiger partial charge on any atom is -0.462 e. The zero-order valence-electron chi connectivity index (χ0n) is 43.6. The third-order valence-electron chi connectivity index (χ3n) is 13.2. The van der Waals surface area contributed by atoms with Gasteiger partial charge in [-0.05, 0) is 83.5 Å². The van der Waals surface area contributed by atoms with Crippen molar-refractivity contribution >= 4 is 11.9 Å². The van der Waals surface area contributed by atoms with Crippen LogP contribution in [-0.4, -0.2) is 46.9 Å². The number of unbranched alkanes of at least 4 members (excludes halogenated alkanes) is 34. The molecule has 0 bridgehead atoms. The number of rotatable bonds is 52. The normalized spacial score (nSPS) is 13.4. The predicted molar refractivity (Wildman–Crippen MR) is 282 cm³/mol. The Morgan fingerprint density at radius 2 is 0.785 bits per heavy atom. The topological polar surface area (TPSA) is 95.9 Å². The lowest BCUT2D eigenvalue weighted by Gasteiger charge is -2.24. The van der Waals surface area contributed by atoms with Gasteiger partial charge in [-0.1, -0.05) is 243 Å². The van der Waals surface area contributed by atoms with Crippen molar-refractivity contribution in [1.82, 2.24) is 5.32 Å². The van der Waals surface area contributed by atoms with E-state index in [0.717, 1.165) is 64.2 Å². The second-order valence-corrected chi connectivity index (χ2v) is 19.7. The summed E-state index contributed by atoms with van der Waals surface area (Å²) in [6, 6.07) is -0.703. The Balaban J connectivity index is 4.54. The van der Waals surface area contributed by atoms with E-state index in [9.17, 15) is 19.8 Å². The van der Waals surface area contributed by atoms with E-state index in [4.69, 9.17) is 4.74 Å². The number of aliphatic hydroxyl groups is 2. The lowest BCUT2D eigenvalue weighted by atomic mass is 10.0. The Labute approximate surface area is 404 Å². The van der Waals surface area contributed by atoms with Crippen LogP contribution < -0.4 is 5.32 Å². The van der Waals surface area contributed by atoms with Crippen LogP contribution in [0.3, 0.4) is 0 Å². The van der Waals surface area contributed by atoms with Gasteiger partial charge in [-0.15, -0.1) is 0 Å². The number of allylic oxidation sites excluding steroid dienone is 6. The Kier molecular flexibility index (Phi) is 51.5. The van der Waals surface area contributed by atoms with Crippen molar-refractivity contribution in [3.05, 3.63) is 36.5 Å². The number of hydrogen-bond acceptors (Lipinski definition) is 5. The molecule has 0 aromatic heterocycles. The molecule has 0 fully saturated rings. The quantitative estimate of drug-likeness (QED) is 0.0321. The number of carbonyl (C=O) groups is 2. The van der Waals surface area contributed by atoms with E-state index < -0.39 is 18.2 Å². The van der Waals surface area contributed by atoms with Crippen LogP contribution in [0.2, 0.25) is 0 Å². The summed E-state index contributed by atoms with van der Waals surface area (Å²) in [6.45, 7) is 6.48. The van der Waals surface area contributed by atoms with E-state index >= 15 is 0 Å². The van der Waals surface area contributed by atoms with Gasteiger partial charge in [0.05, 0.1) is 25.2 Å². The zero-order chi connectivity index (χ0) is 47.4. The highest BCUT2D eigenvalue weighted by Gasteiger charge is 2.24. The zero-order valence-corrected chi connectivity index (χ0v) is 43.6. The Morgan fingerprint density at radius 1 is 0.446 bits per heavy atom. The van der Waals surface area contributed by atoms with Gasteiger partial charge < -0.3 is 20.3 Å². The maximum absolute atomic E-state index is 13.2. The molecular weight excluding hydrogens is 803 g/mol. The average Bonchev–Trinajstić information content (AvgIpc) is 3.30. The minimum absolute atomic E-state index is 0.0732. The molecule has 6 heteroatoms. The molecule has 0 saturated heterocycles. The average molecular weight is 915 g/mol. The van der Waals surface area contributed by atoms with E-state index in [1.54, 1.807) is 0 Å². The summed E-state index contributed by atoms with van der Waals surface area (Å²) in [4.78, 5) is 26.3. The SMILES string of the molecule is CCCCC/C=C\C/C=C\CCCCCCCCCCCC(=O)OC(CCCCCCC/C=C/CCCCCCCC)CC(=O)NC(CO)C(O)CCCCCCCCCCCCCC. The number of hydrogen-bond donors (Lipinski definition) is 3. The van der Waals surface area contributed by atoms with Gasteiger partial charge in [0.1, 0.15) is 6.10 Å². The van der Waals surface area contributed by atoms with Gasteiger partial charge >= 0.3 is 5.97 Å². The molecule has 0 heterocycles. The molecule has 3 atom stereocenters. The number of esters is 1. The van der Waals surface area contributed by atoms with Crippen molar-refractivity contribution in [2.45, 2.75) is 322 Å². The van der Waals surface area contributed by atoms with Crippen LogP contribution in [0.5, 0.6) is 0 Å². The molecule has 0 spiro atoms. The standard InChI is InChI=1S/C59H111NO5/c1-4-7-10-13-16-19-22-25-27-28-29-30-32-34-37-40-43-46-49-52-59(64)65-55(50-47-44-41-38-35-33-31-26-23-20-17-14-11-8-5-2)53-58(63)60-56(54-61)57(62)51-48-45-42-39-36-24-21-18-15-12-9-6-3/h16,19,25-27,31,55-57,61-62H,4-15,17-18,20-24,28-30,32-54H2,1-3H3,(H,60,63)/b19-16-,27-25-,31-26+. The minimum atomic E-state index is -0.789. The Bertz CT molecular complexity index is 1070. The molecule has 0 rings (SSSR count). The Morgan fingerprint density at radius 3 is 1.22 bits per heavy atom. The van der Waals surface area contributed by atoms with Crippen LogP contribution in [0.4, 0.5) is 0 Å². The highest BCUT2D eigenvalue weighted by molar-refractivity contribution is 5.77. The van der Waals surface area contributed by atoms with Crippen molar-refractivity contribution in [3.63, 3.8) is 0 Å². The van der Waals surface area contributed by atoms with Crippen molar-refractivity contribution in [3.8, 4) is 0 Å². The largest absolute Gasteiger partial charge is 0.462 e. The number of nitrogens with one attached hydrogen (secondary N) is 1. The third kappa shape index (κ3) is 48.3. The summed E-state index contributed by atoms with van der Waals surface area (Å²) >= 11 is 0. The lowest BCUT2D eigenvalue weighted by molar-refractivity contribution is -0.151. The molecule has 0 saturated carbocycles. The monoisotopic (exact) mass is 914 g/mol. The van der Waals surface area contributed by atoms with E-state index in [1.165, 1.54) is 193 Å². The van der Waals surface area contributed by atoms with E-state index in [0.29, 0.717) is 19.3 Å². The fraction of sp³-hybridized carbons (Fsp3) is 0.864. The number of amides is 1. The molecule has 3 N–H and O–H groups in total. The van der Waals surface area contributed by atoms with Gasteiger partial charge in [-0.2, -0.15) is 0 Å². The van der Waals surface area contributed by atoms with E-state index in [2.05, 4.69) is 62.5 Å². The first kappa shape index (κ1) is 63.1. The summed E-state index contributed by atoms with van der Waals surface area (Å²) in [5, 5.41) is 23.8. The lowest BCUT2D eigenvalue weighted by Crippen LogP contribution is -2.46. The third-order valence-corrected chi connectivity index (χ3v) is 13.2. The molecule has 3 unspecified atom stereocenters. The fourth-order valence-electron chi connectivity index (χ4n) is 8.81. The van der Waals surface area contributed by atoms with Crippen LogP contribution in [0, 0.1) is 0 Å². The smallest absolute Gasteiger partial charge is 0.306 e. The van der Waals surface area contributed by atoms with Crippen molar-refractivity contribution in [2.75, 3.05) is 6.61 Å². The highest BCUT2D eigenvalue weighted by Crippen LogP contribution is 2.18. The second kappa shape index (κ2) is 53.0. The summed E-state index contributed by atoms with van der Waals surface area (Å²) < 4.78 is 5.96. The number of aliphatic hydroxyl groups excluding tert-OH is 2. The molecule has 1 amide bonds. The summed E-state index contributed by atoms with van der Waals surface area (Å²) in [6.07, 6.45) is 63.5. The van der Waals surface area contributed by atoms with Crippen LogP contribution in [0.15, 0.2) is 36.5 Å².